The van der Waals surface area contributed by atoms with Crippen LogP contribution in [0.25, 0.3) is 0 Å². The molecule has 1 unspecified atom stereocenters. The zero-order valence-corrected chi connectivity index (χ0v) is 9.69. The van der Waals surface area contributed by atoms with E-state index in [9.17, 15) is 4.79 Å². The molecule has 1 aromatic carbocycles. The maximum atomic E-state index is 11.3. The average molecular weight is 222 g/mol. The molecule has 1 aromatic rings. The fourth-order valence-corrected chi connectivity index (χ4v) is 1.49. The Morgan fingerprint density at radius 3 is 2.94 bits per heavy atom. The van der Waals surface area contributed by atoms with Crippen LogP contribution in [0.1, 0.15) is 24.1 Å². The predicted molar refractivity (Wildman–Crippen MR) is 62.8 cm³/mol. The Hall–Kier alpha value is -1.39. The third kappa shape index (κ3) is 3.64. The Labute approximate surface area is 95.8 Å². The second-order valence-corrected chi connectivity index (χ2v) is 3.67. The SMILES string of the molecule is COCC(=O)NC(C)c1cccc(CN)c1. The second kappa shape index (κ2) is 6.25. The molecule has 0 fully saturated rings. The van der Waals surface area contributed by atoms with Gasteiger partial charge in [0.2, 0.25) is 5.91 Å². The quantitative estimate of drug-likeness (QED) is 0.780. The molecule has 0 heterocycles. The molecule has 1 amide bonds. The van der Waals surface area contributed by atoms with Crippen LogP contribution in [-0.4, -0.2) is 19.6 Å². The van der Waals surface area contributed by atoms with Crippen LogP contribution in [0, 0.1) is 0 Å². The molecule has 0 aliphatic carbocycles. The molecular weight excluding hydrogens is 204 g/mol. The van der Waals surface area contributed by atoms with Gasteiger partial charge in [0.05, 0.1) is 6.04 Å². The van der Waals surface area contributed by atoms with Gasteiger partial charge in [-0.2, -0.15) is 0 Å². The number of hydrogen-bond acceptors (Lipinski definition) is 3. The number of methoxy groups -OCH3 is 1. The van der Waals surface area contributed by atoms with Gasteiger partial charge in [-0.05, 0) is 18.1 Å². The molecule has 1 rings (SSSR count). The Morgan fingerprint density at radius 2 is 2.31 bits per heavy atom. The van der Waals surface area contributed by atoms with E-state index in [4.69, 9.17) is 10.5 Å². The van der Waals surface area contributed by atoms with Gasteiger partial charge < -0.3 is 15.8 Å². The van der Waals surface area contributed by atoms with Crippen LogP contribution in [0.15, 0.2) is 24.3 Å². The number of ether oxygens (including phenoxy) is 1. The molecule has 88 valence electrons. The highest BCUT2D eigenvalue weighted by atomic mass is 16.5. The van der Waals surface area contributed by atoms with Crippen molar-refractivity contribution in [2.45, 2.75) is 19.5 Å². The van der Waals surface area contributed by atoms with Crippen molar-refractivity contribution >= 4 is 5.91 Å². The first-order valence-electron chi connectivity index (χ1n) is 5.24. The zero-order chi connectivity index (χ0) is 12.0. The fraction of sp³-hybridized carbons (Fsp3) is 0.417. The zero-order valence-electron chi connectivity index (χ0n) is 9.69. The Kier molecular flexibility index (Phi) is 4.95. The van der Waals surface area contributed by atoms with Gasteiger partial charge in [0.1, 0.15) is 6.61 Å². The lowest BCUT2D eigenvalue weighted by Crippen LogP contribution is -2.29. The molecule has 3 N–H and O–H groups in total. The number of hydrogen-bond donors (Lipinski definition) is 2. The summed E-state index contributed by atoms with van der Waals surface area (Å²) in [5.74, 6) is -0.117. The molecule has 0 bridgehead atoms. The first kappa shape index (κ1) is 12.7. The molecule has 0 saturated heterocycles. The first-order valence-corrected chi connectivity index (χ1v) is 5.24. The van der Waals surface area contributed by atoms with Crippen molar-refractivity contribution < 1.29 is 9.53 Å². The van der Waals surface area contributed by atoms with Gasteiger partial charge in [0, 0.05) is 13.7 Å². The standard InChI is InChI=1S/C12H18N2O2/c1-9(14-12(15)8-16-2)11-5-3-4-10(6-11)7-13/h3-6,9H,7-8,13H2,1-2H3,(H,14,15). The molecule has 0 radical (unpaired) electrons. The Morgan fingerprint density at radius 1 is 1.56 bits per heavy atom. The number of amides is 1. The lowest BCUT2D eigenvalue weighted by Gasteiger charge is -2.14. The van der Waals surface area contributed by atoms with Gasteiger partial charge in [-0.3, -0.25) is 4.79 Å². The van der Waals surface area contributed by atoms with Crippen molar-refractivity contribution in [1.29, 1.82) is 0 Å². The van der Waals surface area contributed by atoms with E-state index in [1.54, 1.807) is 0 Å². The number of benzene rings is 1. The Bertz CT molecular complexity index is 353. The van der Waals surface area contributed by atoms with Gasteiger partial charge in [0.25, 0.3) is 0 Å². The van der Waals surface area contributed by atoms with Crippen molar-refractivity contribution in [3.63, 3.8) is 0 Å². The van der Waals surface area contributed by atoms with Crippen molar-refractivity contribution in [2.24, 2.45) is 5.73 Å². The molecule has 0 aliphatic rings. The fourth-order valence-electron chi connectivity index (χ4n) is 1.49. The largest absolute Gasteiger partial charge is 0.375 e. The van der Waals surface area contributed by atoms with E-state index in [1.807, 2.05) is 31.2 Å². The van der Waals surface area contributed by atoms with Crippen LogP contribution < -0.4 is 11.1 Å². The van der Waals surface area contributed by atoms with Crippen molar-refractivity contribution in [1.82, 2.24) is 5.32 Å². The summed E-state index contributed by atoms with van der Waals surface area (Å²) >= 11 is 0. The normalized spacial score (nSPS) is 12.2. The summed E-state index contributed by atoms with van der Waals surface area (Å²) in [5.41, 5.74) is 7.67. The molecule has 4 heteroatoms. The van der Waals surface area contributed by atoms with Gasteiger partial charge in [-0.1, -0.05) is 24.3 Å². The highest BCUT2D eigenvalue weighted by Gasteiger charge is 2.09. The molecule has 4 nitrogen and oxygen atoms in total. The van der Waals surface area contributed by atoms with E-state index in [2.05, 4.69) is 5.32 Å². The van der Waals surface area contributed by atoms with Crippen molar-refractivity contribution in [2.75, 3.05) is 13.7 Å². The number of rotatable bonds is 5. The van der Waals surface area contributed by atoms with Crippen LogP contribution in [0.4, 0.5) is 0 Å². The number of carbonyl (C=O) groups excluding carboxylic acids is 1. The second-order valence-electron chi connectivity index (χ2n) is 3.67. The van der Waals surface area contributed by atoms with Crippen LogP contribution in [-0.2, 0) is 16.1 Å². The highest BCUT2D eigenvalue weighted by molar-refractivity contribution is 5.77. The third-order valence-electron chi connectivity index (χ3n) is 2.34. The first-order chi connectivity index (χ1) is 7.67. The highest BCUT2D eigenvalue weighted by Crippen LogP contribution is 2.13. The number of nitrogens with two attached hydrogens (primary N) is 1. The smallest absolute Gasteiger partial charge is 0.246 e. The van der Waals surface area contributed by atoms with E-state index in [0.717, 1.165) is 11.1 Å². The Balaban J connectivity index is 2.64. The number of nitrogens with one attached hydrogen (secondary N) is 1. The molecule has 0 saturated carbocycles. The van der Waals surface area contributed by atoms with Crippen LogP contribution in [0.5, 0.6) is 0 Å². The maximum absolute atomic E-state index is 11.3. The van der Waals surface area contributed by atoms with Gasteiger partial charge in [0.15, 0.2) is 0 Å². The molecule has 0 aromatic heterocycles. The third-order valence-corrected chi connectivity index (χ3v) is 2.34. The molecular formula is C12H18N2O2. The molecule has 0 aliphatic heterocycles. The summed E-state index contributed by atoms with van der Waals surface area (Å²) in [6.45, 7) is 2.52. The van der Waals surface area contributed by atoms with Crippen LogP contribution in [0.3, 0.4) is 0 Å². The van der Waals surface area contributed by atoms with Crippen LogP contribution in [0.2, 0.25) is 0 Å². The number of carbonyl (C=O) groups is 1. The van der Waals surface area contributed by atoms with Crippen molar-refractivity contribution in [3.8, 4) is 0 Å². The summed E-state index contributed by atoms with van der Waals surface area (Å²) in [6, 6.07) is 7.84. The maximum Gasteiger partial charge on any atom is 0.246 e. The lowest BCUT2D eigenvalue weighted by molar-refractivity contribution is -0.125. The topological polar surface area (TPSA) is 64.3 Å². The van der Waals surface area contributed by atoms with Gasteiger partial charge in [-0.15, -0.1) is 0 Å². The van der Waals surface area contributed by atoms with E-state index in [1.165, 1.54) is 7.11 Å². The van der Waals surface area contributed by atoms with Crippen molar-refractivity contribution in [3.05, 3.63) is 35.4 Å². The summed E-state index contributed by atoms with van der Waals surface area (Å²) in [4.78, 5) is 11.3. The summed E-state index contributed by atoms with van der Waals surface area (Å²) in [7, 11) is 1.50. The minimum atomic E-state index is -0.117. The van der Waals surface area contributed by atoms with Gasteiger partial charge in [-0.25, -0.2) is 0 Å². The molecule has 0 spiro atoms. The minimum Gasteiger partial charge on any atom is -0.375 e. The summed E-state index contributed by atoms with van der Waals surface area (Å²) in [5, 5.41) is 2.84. The average Bonchev–Trinajstić information content (AvgIpc) is 2.29. The monoisotopic (exact) mass is 222 g/mol. The van der Waals surface area contributed by atoms with E-state index >= 15 is 0 Å². The van der Waals surface area contributed by atoms with Crippen LogP contribution >= 0.6 is 0 Å². The summed E-state index contributed by atoms with van der Waals surface area (Å²) in [6.07, 6.45) is 0. The lowest BCUT2D eigenvalue weighted by atomic mass is 10.1. The summed E-state index contributed by atoms with van der Waals surface area (Å²) < 4.78 is 4.75. The van der Waals surface area contributed by atoms with Gasteiger partial charge >= 0.3 is 0 Å². The minimum absolute atomic E-state index is 0.0332. The predicted octanol–water partition coefficient (Wildman–Crippen LogP) is 0.969. The molecule has 1 atom stereocenters. The van der Waals surface area contributed by atoms with E-state index in [0.29, 0.717) is 6.54 Å². The van der Waals surface area contributed by atoms with E-state index < -0.39 is 0 Å². The van der Waals surface area contributed by atoms with E-state index in [-0.39, 0.29) is 18.6 Å². The molecule has 16 heavy (non-hydrogen) atoms.